The summed E-state index contributed by atoms with van der Waals surface area (Å²) in [5.41, 5.74) is 22.7. The standard InChI is InChI=1S/C62H39NO/c1-2-17-41(18-3-1)63(43-37-38-59-57(39-43)61(56-31-14-15-32-58(56)64-59)51-26-9-4-19-45(51)46-20-5-10-27-52(46)61)42-35-33-40(34-36-42)44-24-16-25-50-49-23-8-13-30-55(49)62(60(44)50)53-28-11-6-21-47(53)48-22-7-12-29-54(48)62/h1-39H. The summed E-state index contributed by atoms with van der Waals surface area (Å²) in [6.45, 7) is 0. The van der Waals surface area contributed by atoms with E-state index in [0.717, 1.165) is 39.7 Å². The van der Waals surface area contributed by atoms with E-state index in [1.54, 1.807) is 0 Å². The van der Waals surface area contributed by atoms with E-state index < -0.39 is 10.8 Å². The zero-order valence-corrected chi connectivity index (χ0v) is 34.9. The van der Waals surface area contributed by atoms with Gasteiger partial charge in [0.05, 0.1) is 10.8 Å². The van der Waals surface area contributed by atoms with Crippen molar-refractivity contribution in [2.45, 2.75) is 10.8 Å². The Morgan fingerprint density at radius 3 is 1.25 bits per heavy atom. The van der Waals surface area contributed by atoms with Crippen LogP contribution in [0.15, 0.2) is 237 Å². The van der Waals surface area contributed by atoms with Gasteiger partial charge in [-0.25, -0.2) is 0 Å². The molecule has 0 bridgehead atoms. The summed E-state index contributed by atoms with van der Waals surface area (Å²) < 4.78 is 6.83. The highest BCUT2D eigenvalue weighted by molar-refractivity contribution is 5.99. The summed E-state index contributed by atoms with van der Waals surface area (Å²) in [6, 6.07) is 87.3. The molecule has 1 heterocycles. The van der Waals surface area contributed by atoms with Crippen molar-refractivity contribution in [2.75, 3.05) is 4.90 Å². The largest absolute Gasteiger partial charge is 0.457 e. The van der Waals surface area contributed by atoms with E-state index in [-0.39, 0.29) is 0 Å². The number of hydrogen-bond donors (Lipinski definition) is 0. The second kappa shape index (κ2) is 13.2. The van der Waals surface area contributed by atoms with Crippen molar-refractivity contribution < 1.29 is 4.74 Å². The lowest BCUT2D eigenvalue weighted by Crippen LogP contribution is -2.32. The maximum absolute atomic E-state index is 6.83. The zero-order valence-electron chi connectivity index (χ0n) is 34.9. The lowest BCUT2D eigenvalue weighted by Gasteiger charge is -2.40. The predicted octanol–water partition coefficient (Wildman–Crippen LogP) is 15.6. The molecule has 0 atom stereocenters. The van der Waals surface area contributed by atoms with Gasteiger partial charge >= 0.3 is 0 Å². The van der Waals surface area contributed by atoms with E-state index in [2.05, 4.69) is 241 Å². The smallest absolute Gasteiger partial charge is 0.132 e. The number of anilines is 3. The van der Waals surface area contributed by atoms with Crippen LogP contribution in [-0.2, 0) is 10.8 Å². The monoisotopic (exact) mass is 813 g/mol. The first-order valence-corrected chi connectivity index (χ1v) is 22.3. The third-order valence-corrected chi connectivity index (χ3v) is 14.6. The van der Waals surface area contributed by atoms with Crippen LogP contribution in [0.5, 0.6) is 11.5 Å². The third kappa shape index (κ3) is 4.49. The van der Waals surface area contributed by atoms with Gasteiger partial charge < -0.3 is 9.64 Å². The lowest BCUT2D eigenvalue weighted by atomic mass is 9.66. The van der Waals surface area contributed by atoms with Crippen LogP contribution >= 0.6 is 0 Å². The van der Waals surface area contributed by atoms with Gasteiger partial charge in [-0.1, -0.05) is 188 Å². The lowest BCUT2D eigenvalue weighted by molar-refractivity contribution is 0.436. The van der Waals surface area contributed by atoms with Crippen molar-refractivity contribution in [1.29, 1.82) is 0 Å². The molecule has 64 heavy (non-hydrogen) atoms. The number of benzene rings is 10. The first-order valence-electron chi connectivity index (χ1n) is 22.3. The predicted molar refractivity (Wildman–Crippen MR) is 260 cm³/mol. The van der Waals surface area contributed by atoms with Crippen molar-refractivity contribution >= 4 is 17.1 Å². The molecule has 0 fully saturated rings. The SMILES string of the molecule is c1ccc(N(c2ccc(-c3cccc4c3C3(c5ccccc5-c5ccccc53)c3ccccc3-4)cc2)c2ccc3c(c2)C2(c4ccccc4O3)c3ccccc3-c3ccccc32)cc1. The van der Waals surface area contributed by atoms with Crippen molar-refractivity contribution in [1.82, 2.24) is 0 Å². The van der Waals surface area contributed by atoms with Gasteiger partial charge in [0.25, 0.3) is 0 Å². The molecule has 1 aliphatic heterocycles. The summed E-state index contributed by atoms with van der Waals surface area (Å²) in [6.07, 6.45) is 0. The molecule has 10 aromatic rings. The van der Waals surface area contributed by atoms with Gasteiger partial charge in [0.2, 0.25) is 0 Å². The van der Waals surface area contributed by atoms with Crippen molar-refractivity contribution in [2.24, 2.45) is 0 Å². The van der Waals surface area contributed by atoms with Crippen molar-refractivity contribution in [3.05, 3.63) is 281 Å². The van der Waals surface area contributed by atoms with E-state index >= 15 is 0 Å². The zero-order chi connectivity index (χ0) is 42.0. The Morgan fingerprint density at radius 1 is 0.266 bits per heavy atom. The van der Waals surface area contributed by atoms with Crippen LogP contribution in [0.4, 0.5) is 17.1 Å². The Bertz CT molecular complexity index is 3440. The molecule has 0 aromatic heterocycles. The normalized spacial score (nSPS) is 14.3. The molecule has 0 saturated carbocycles. The summed E-state index contributed by atoms with van der Waals surface area (Å²) in [7, 11) is 0. The topological polar surface area (TPSA) is 12.5 Å². The van der Waals surface area contributed by atoms with Crippen LogP contribution in [0, 0.1) is 0 Å². The van der Waals surface area contributed by atoms with Crippen LogP contribution < -0.4 is 9.64 Å². The fourth-order valence-electron chi connectivity index (χ4n) is 12.2. The number of hydrogen-bond acceptors (Lipinski definition) is 2. The highest BCUT2D eigenvalue weighted by Crippen LogP contribution is 2.65. The van der Waals surface area contributed by atoms with Gasteiger partial charge in [0.15, 0.2) is 0 Å². The van der Waals surface area contributed by atoms with Gasteiger partial charge in [-0.3, -0.25) is 0 Å². The van der Waals surface area contributed by atoms with Gasteiger partial charge in [0.1, 0.15) is 11.5 Å². The molecule has 0 amide bonds. The molecular weight excluding hydrogens is 775 g/mol. The maximum atomic E-state index is 6.83. The maximum Gasteiger partial charge on any atom is 0.132 e. The van der Waals surface area contributed by atoms with Gasteiger partial charge in [0, 0.05) is 28.2 Å². The van der Waals surface area contributed by atoms with Gasteiger partial charge in [-0.15, -0.1) is 0 Å². The first-order chi connectivity index (χ1) is 31.8. The molecule has 4 aliphatic rings. The quantitative estimate of drug-likeness (QED) is 0.175. The summed E-state index contributed by atoms with van der Waals surface area (Å²) in [5, 5.41) is 0. The van der Waals surface area contributed by atoms with E-state index in [9.17, 15) is 0 Å². The minimum absolute atomic E-state index is 0.429. The van der Waals surface area contributed by atoms with Crippen LogP contribution in [0.2, 0.25) is 0 Å². The third-order valence-electron chi connectivity index (χ3n) is 14.6. The molecule has 3 aliphatic carbocycles. The van der Waals surface area contributed by atoms with Gasteiger partial charge in [-0.2, -0.15) is 0 Å². The molecule has 0 unspecified atom stereocenters. The summed E-state index contributed by atoms with van der Waals surface area (Å²) >= 11 is 0. The van der Waals surface area contributed by atoms with Gasteiger partial charge in [-0.05, 0) is 126 Å². The van der Waals surface area contributed by atoms with Crippen LogP contribution in [0.1, 0.15) is 44.5 Å². The number of nitrogens with zero attached hydrogens (tertiary/aromatic N) is 1. The molecular formula is C62H39NO. The number of rotatable bonds is 4. The number of ether oxygens (including phenoxy) is 1. The second-order valence-electron chi connectivity index (χ2n) is 17.5. The van der Waals surface area contributed by atoms with Crippen LogP contribution in [0.3, 0.4) is 0 Å². The number of fused-ring (bicyclic) bond motifs is 19. The Labute approximate surface area is 373 Å². The molecule has 14 rings (SSSR count). The highest BCUT2D eigenvalue weighted by atomic mass is 16.5. The first kappa shape index (κ1) is 35.4. The van der Waals surface area contributed by atoms with Crippen molar-refractivity contribution in [3.8, 4) is 56.0 Å². The van der Waals surface area contributed by atoms with Crippen molar-refractivity contribution in [3.63, 3.8) is 0 Å². The summed E-state index contributed by atoms with van der Waals surface area (Å²) in [4.78, 5) is 2.39. The van der Waals surface area contributed by atoms with E-state index in [1.165, 1.54) is 77.9 Å². The Morgan fingerprint density at radius 2 is 0.672 bits per heavy atom. The van der Waals surface area contributed by atoms with E-state index in [0.29, 0.717) is 0 Å². The highest BCUT2D eigenvalue weighted by Gasteiger charge is 2.53. The molecule has 0 N–H and O–H groups in total. The average molecular weight is 814 g/mol. The summed E-state index contributed by atoms with van der Waals surface area (Å²) in [5.74, 6) is 1.77. The minimum Gasteiger partial charge on any atom is -0.457 e. The molecule has 0 radical (unpaired) electrons. The van der Waals surface area contributed by atoms with E-state index in [4.69, 9.17) is 4.74 Å². The minimum atomic E-state index is -0.557. The molecule has 10 aromatic carbocycles. The Balaban J connectivity index is 0.954. The fraction of sp³-hybridized carbons (Fsp3) is 0.0323. The average Bonchev–Trinajstić information content (AvgIpc) is 3.95. The second-order valence-corrected chi connectivity index (χ2v) is 17.5. The molecule has 0 saturated heterocycles. The molecule has 2 heteroatoms. The Kier molecular flexibility index (Phi) is 7.28. The Hall–Kier alpha value is -8.20. The van der Waals surface area contributed by atoms with E-state index in [1.807, 2.05) is 0 Å². The molecule has 298 valence electrons. The van der Waals surface area contributed by atoms with Crippen LogP contribution in [0.25, 0.3) is 44.5 Å². The fourth-order valence-corrected chi connectivity index (χ4v) is 12.2. The molecule has 2 nitrogen and oxygen atoms in total. The molecule has 2 spiro atoms. The van der Waals surface area contributed by atoms with Crippen LogP contribution in [-0.4, -0.2) is 0 Å². The number of para-hydroxylation sites is 2.